The molecule has 3 rings (SSSR count). The van der Waals surface area contributed by atoms with Crippen LogP contribution in [0.3, 0.4) is 0 Å². The largest absolute Gasteiger partial charge is 0.325 e. The van der Waals surface area contributed by atoms with Gasteiger partial charge in [0.1, 0.15) is 0 Å². The van der Waals surface area contributed by atoms with E-state index in [1.807, 2.05) is 43.0 Å². The summed E-state index contributed by atoms with van der Waals surface area (Å²) < 4.78 is 2.10. The van der Waals surface area contributed by atoms with Gasteiger partial charge in [0.05, 0.1) is 24.8 Å². The minimum Gasteiger partial charge on any atom is -0.325 e. The van der Waals surface area contributed by atoms with Crippen LogP contribution in [0.2, 0.25) is 0 Å². The first-order chi connectivity index (χ1) is 10.4. The number of nitrogens with zero attached hydrogens (tertiary/aromatic N) is 3. The molecule has 0 aliphatic heterocycles. The third kappa shape index (κ3) is 3.66. The topological polar surface area (TPSA) is 30.2 Å². The lowest BCUT2D eigenvalue weighted by molar-refractivity contribution is 0.791. The van der Waals surface area contributed by atoms with Crippen LogP contribution >= 0.6 is 0 Å². The number of aliphatic imine (C=N–C) groups is 1. The molecule has 1 aromatic heterocycles. The van der Waals surface area contributed by atoms with Gasteiger partial charge in [-0.1, -0.05) is 60.7 Å². The summed E-state index contributed by atoms with van der Waals surface area (Å²) in [4.78, 5) is 8.72. The van der Waals surface area contributed by atoms with Crippen LogP contribution in [0.1, 0.15) is 16.8 Å². The minimum absolute atomic E-state index is 0.692. The molecule has 0 radical (unpaired) electrons. The highest BCUT2D eigenvalue weighted by Crippen LogP contribution is 2.05. The molecule has 3 nitrogen and oxygen atoms in total. The van der Waals surface area contributed by atoms with Crippen molar-refractivity contribution in [3.63, 3.8) is 0 Å². The van der Waals surface area contributed by atoms with E-state index in [0.29, 0.717) is 6.54 Å². The molecule has 0 spiro atoms. The van der Waals surface area contributed by atoms with Crippen LogP contribution < -0.4 is 0 Å². The van der Waals surface area contributed by atoms with Crippen molar-refractivity contribution in [2.24, 2.45) is 4.99 Å². The Morgan fingerprint density at radius 1 is 0.905 bits per heavy atom. The first-order valence-electron chi connectivity index (χ1n) is 6.99. The van der Waals surface area contributed by atoms with Gasteiger partial charge >= 0.3 is 0 Å². The number of hydrogen-bond acceptors (Lipinski definition) is 2. The standard InChI is InChI=1S/C18H17N3/c1-3-7-16(8-4-1)11-19-12-18-13-20-15-21(18)14-17-9-5-2-6-10-17/h1-10,12-13,15H,11,14H2. The SMILES string of the molecule is C(=NCc1ccccc1)c1cncn1Cc1ccccc1. The van der Waals surface area contributed by atoms with E-state index in [9.17, 15) is 0 Å². The van der Waals surface area contributed by atoms with Crippen LogP contribution in [-0.4, -0.2) is 15.8 Å². The Morgan fingerprint density at radius 3 is 2.29 bits per heavy atom. The van der Waals surface area contributed by atoms with E-state index in [0.717, 1.165) is 12.2 Å². The molecule has 21 heavy (non-hydrogen) atoms. The lowest BCUT2D eigenvalue weighted by Gasteiger charge is -2.05. The predicted molar refractivity (Wildman–Crippen MR) is 85.5 cm³/mol. The van der Waals surface area contributed by atoms with Gasteiger partial charge in [0.2, 0.25) is 0 Å². The summed E-state index contributed by atoms with van der Waals surface area (Å²) in [6, 6.07) is 20.6. The van der Waals surface area contributed by atoms with Gasteiger partial charge in [0, 0.05) is 12.8 Å². The summed E-state index contributed by atoms with van der Waals surface area (Å²) >= 11 is 0. The van der Waals surface area contributed by atoms with Gasteiger partial charge < -0.3 is 4.57 Å². The molecular weight excluding hydrogens is 258 g/mol. The fourth-order valence-electron chi connectivity index (χ4n) is 2.18. The van der Waals surface area contributed by atoms with Crippen molar-refractivity contribution in [3.8, 4) is 0 Å². The zero-order chi connectivity index (χ0) is 14.3. The summed E-state index contributed by atoms with van der Waals surface area (Å²) in [5.41, 5.74) is 3.49. The van der Waals surface area contributed by atoms with Gasteiger partial charge in [0.25, 0.3) is 0 Å². The van der Waals surface area contributed by atoms with Gasteiger partial charge in [0.15, 0.2) is 0 Å². The zero-order valence-electron chi connectivity index (χ0n) is 11.8. The number of benzene rings is 2. The Bertz CT molecular complexity index is 700. The fourth-order valence-corrected chi connectivity index (χ4v) is 2.18. The molecule has 2 aromatic carbocycles. The molecule has 0 saturated heterocycles. The van der Waals surface area contributed by atoms with Gasteiger partial charge in [-0.3, -0.25) is 4.99 Å². The molecule has 0 fully saturated rings. The van der Waals surface area contributed by atoms with Gasteiger partial charge in [-0.05, 0) is 11.1 Å². The Hall–Kier alpha value is -2.68. The summed E-state index contributed by atoms with van der Waals surface area (Å²) in [6.45, 7) is 1.50. The average molecular weight is 275 g/mol. The van der Waals surface area contributed by atoms with Gasteiger partial charge in [-0.25, -0.2) is 4.98 Å². The summed E-state index contributed by atoms with van der Waals surface area (Å²) in [5.74, 6) is 0. The van der Waals surface area contributed by atoms with E-state index in [1.165, 1.54) is 11.1 Å². The van der Waals surface area contributed by atoms with Crippen molar-refractivity contribution >= 4 is 6.21 Å². The number of rotatable bonds is 5. The number of aromatic nitrogens is 2. The molecule has 0 aliphatic rings. The van der Waals surface area contributed by atoms with Crippen LogP contribution in [-0.2, 0) is 13.1 Å². The van der Waals surface area contributed by atoms with E-state index < -0.39 is 0 Å². The lowest BCUT2D eigenvalue weighted by Crippen LogP contribution is -2.02. The molecule has 0 bridgehead atoms. The Kier molecular flexibility index (Phi) is 4.22. The van der Waals surface area contributed by atoms with Crippen LogP contribution in [0, 0.1) is 0 Å². The van der Waals surface area contributed by atoms with Crippen molar-refractivity contribution in [2.75, 3.05) is 0 Å². The third-order valence-corrected chi connectivity index (χ3v) is 3.28. The molecule has 1 heterocycles. The molecule has 0 atom stereocenters. The highest BCUT2D eigenvalue weighted by atomic mass is 15.0. The van der Waals surface area contributed by atoms with Crippen molar-refractivity contribution in [2.45, 2.75) is 13.1 Å². The van der Waals surface area contributed by atoms with E-state index >= 15 is 0 Å². The smallest absolute Gasteiger partial charge is 0.0954 e. The molecule has 0 aliphatic carbocycles. The Balaban J connectivity index is 1.68. The van der Waals surface area contributed by atoms with E-state index in [1.54, 1.807) is 0 Å². The molecule has 3 aromatic rings. The van der Waals surface area contributed by atoms with Gasteiger partial charge in [-0.2, -0.15) is 0 Å². The normalized spacial score (nSPS) is 11.0. The Labute approximate surface area is 124 Å². The van der Waals surface area contributed by atoms with Crippen LogP contribution in [0.15, 0.2) is 78.2 Å². The van der Waals surface area contributed by atoms with Crippen LogP contribution in [0.25, 0.3) is 0 Å². The van der Waals surface area contributed by atoms with Crippen molar-refractivity contribution < 1.29 is 0 Å². The monoisotopic (exact) mass is 275 g/mol. The third-order valence-electron chi connectivity index (χ3n) is 3.28. The first kappa shape index (κ1) is 13.3. The van der Waals surface area contributed by atoms with E-state index in [4.69, 9.17) is 0 Å². The maximum Gasteiger partial charge on any atom is 0.0954 e. The second kappa shape index (κ2) is 6.66. The molecule has 0 amide bonds. The van der Waals surface area contributed by atoms with Crippen molar-refractivity contribution in [3.05, 3.63) is 90.0 Å². The van der Waals surface area contributed by atoms with Gasteiger partial charge in [-0.15, -0.1) is 0 Å². The van der Waals surface area contributed by atoms with Crippen LogP contribution in [0.5, 0.6) is 0 Å². The number of imidazole rings is 1. The molecule has 104 valence electrons. The highest BCUT2D eigenvalue weighted by Gasteiger charge is 2.00. The van der Waals surface area contributed by atoms with E-state index in [-0.39, 0.29) is 0 Å². The second-order valence-electron chi connectivity index (χ2n) is 4.89. The minimum atomic E-state index is 0.692. The summed E-state index contributed by atoms with van der Waals surface area (Å²) in [6.07, 6.45) is 5.58. The van der Waals surface area contributed by atoms with E-state index in [2.05, 4.69) is 50.9 Å². The maximum absolute atomic E-state index is 4.50. The summed E-state index contributed by atoms with van der Waals surface area (Å²) in [5, 5.41) is 0. The van der Waals surface area contributed by atoms with Crippen molar-refractivity contribution in [1.82, 2.24) is 9.55 Å². The second-order valence-corrected chi connectivity index (χ2v) is 4.89. The fraction of sp³-hybridized carbons (Fsp3) is 0.111. The van der Waals surface area contributed by atoms with Crippen molar-refractivity contribution in [1.29, 1.82) is 0 Å². The number of hydrogen-bond donors (Lipinski definition) is 0. The highest BCUT2D eigenvalue weighted by molar-refractivity contribution is 5.76. The molecule has 3 heteroatoms. The Morgan fingerprint density at radius 2 is 1.57 bits per heavy atom. The summed E-state index contributed by atoms with van der Waals surface area (Å²) in [7, 11) is 0. The first-order valence-corrected chi connectivity index (χ1v) is 6.99. The molecule has 0 saturated carbocycles. The van der Waals surface area contributed by atoms with Crippen LogP contribution in [0.4, 0.5) is 0 Å². The molecule has 0 N–H and O–H groups in total. The molecule has 0 unspecified atom stereocenters. The lowest BCUT2D eigenvalue weighted by atomic mass is 10.2. The zero-order valence-corrected chi connectivity index (χ0v) is 11.8. The molecular formula is C18H17N3. The maximum atomic E-state index is 4.50. The quantitative estimate of drug-likeness (QED) is 0.655. The predicted octanol–water partition coefficient (Wildman–Crippen LogP) is 3.55. The average Bonchev–Trinajstić information content (AvgIpc) is 2.97.